The monoisotopic (exact) mass is 320 g/mol. The molecule has 2 aromatic carbocycles. The summed E-state index contributed by atoms with van der Waals surface area (Å²) in [6.45, 7) is 0. The largest absolute Gasteiger partial charge is 0.465 e. The van der Waals surface area contributed by atoms with E-state index in [4.69, 9.17) is 16.2 Å². The van der Waals surface area contributed by atoms with Gasteiger partial charge in [0.15, 0.2) is 0 Å². The van der Waals surface area contributed by atoms with Gasteiger partial charge in [-0.3, -0.25) is 0 Å². The normalized spacial score (nSPS) is 19.7. The second-order valence-corrected chi connectivity index (χ2v) is 5.90. The molecule has 24 heavy (non-hydrogen) atoms. The van der Waals surface area contributed by atoms with Crippen LogP contribution in [0.4, 0.5) is 0 Å². The van der Waals surface area contributed by atoms with Gasteiger partial charge in [0.05, 0.1) is 18.2 Å². The van der Waals surface area contributed by atoms with E-state index in [1.54, 1.807) is 6.07 Å². The lowest BCUT2D eigenvalue weighted by molar-refractivity contribution is 0.0601. The van der Waals surface area contributed by atoms with Crippen LogP contribution in [0.5, 0.6) is 0 Å². The van der Waals surface area contributed by atoms with Gasteiger partial charge in [0.25, 0.3) is 0 Å². The van der Waals surface area contributed by atoms with Crippen molar-refractivity contribution < 1.29 is 9.53 Å². The lowest BCUT2D eigenvalue weighted by Gasteiger charge is -2.30. The van der Waals surface area contributed by atoms with E-state index in [2.05, 4.69) is 0 Å². The first-order valence-electron chi connectivity index (χ1n) is 7.75. The molecule has 1 unspecified atom stereocenters. The van der Waals surface area contributed by atoms with E-state index in [0.717, 1.165) is 22.4 Å². The van der Waals surface area contributed by atoms with Crippen LogP contribution in [0.2, 0.25) is 0 Å². The summed E-state index contributed by atoms with van der Waals surface area (Å²) in [7, 11) is 1.38. The Labute approximate surface area is 141 Å². The maximum absolute atomic E-state index is 11.8. The van der Waals surface area contributed by atoms with Crippen LogP contribution < -0.4 is 11.5 Å². The average molecular weight is 320 g/mol. The molecule has 0 aliphatic heterocycles. The Morgan fingerprint density at radius 2 is 1.96 bits per heavy atom. The zero-order valence-electron chi connectivity index (χ0n) is 13.5. The summed E-state index contributed by atoms with van der Waals surface area (Å²) >= 11 is 0. The van der Waals surface area contributed by atoms with Gasteiger partial charge in [0.2, 0.25) is 0 Å². The fourth-order valence-electron chi connectivity index (χ4n) is 2.94. The van der Waals surface area contributed by atoms with Crippen molar-refractivity contribution in [3.63, 3.8) is 0 Å². The summed E-state index contributed by atoms with van der Waals surface area (Å²) in [6.07, 6.45) is 6.33. The number of ether oxygens (including phenoxy) is 1. The number of esters is 1. The molecule has 4 heteroatoms. The van der Waals surface area contributed by atoms with Gasteiger partial charge in [0, 0.05) is 5.70 Å². The summed E-state index contributed by atoms with van der Waals surface area (Å²) in [5, 5.41) is 0. The van der Waals surface area contributed by atoms with Crippen molar-refractivity contribution in [2.24, 2.45) is 11.5 Å². The van der Waals surface area contributed by atoms with Gasteiger partial charge < -0.3 is 16.2 Å². The van der Waals surface area contributed by atoms with Crippen LogP contribution in [-0.2, 0) is 10.3 Å². The number of rotatable bonds is 3. The van der Waals surface area contributed by atoms with Gasteiger partial charge in [-0.2, -0.15) is 0 Å². The predicted octanol–water partition coefficient (Wildman–Crippen LogP) is 3.10. The van der Waals surface area contributed by atoms with E-state index in [9.17, 15) is 4.79 Å². The van der Waals surface area contributed by atoms with E-state index >= 15 is 0 Å². The third-order valence-corrected chi connectivity index (χ3v) is 4.27. The zero-order valence-corrected chi connectivity index (χ0v) is 13.5. The molecule has 4 N–H and O–H groups in total. The van der Waals surface area contributed by atoms with Gasteiger partial charge in [0.1, 0.15) is 0 Å². The van der Waals surface area contributed by atoms with Gasteiger partial charge in [-0.25, -0.2) is 4.79 Å². The molecule has 0 fully saturated rings. The van der Waals surface area contributed by atoms with Gasteiger partial charge >= 0.3 is 5.97 Å². The summed E-state index contributed by atoms with van der Waals surface area (Å²) in [5.41, 5.74) is 16.0. The lowest BCUT2D eigenvalue weighted by Crippen LogP contribution is -2.36. The summed E-state index contributed by atoms with van der Waals surface area (Å²) in [5.74, 6) is -0.356. The quantitative estimate of drug-likeness (QED) is 0.852. The Kier molecular flexibility index (Phi) is 4.23. The number of carbonyl (C=O) groups is 1. The molecule has 0 saturated heterocycles. The highest BCUT2D eigenvalue weighted by Crippen LogP contribution is 2.35. The standard InChI is InChI=1S/C20H20N2O2/c1-24-19(23)15-6-4-5-14(13-15)17-7-2-3-8-18(17)20(22)11-9-16(21)10-12-20/h2-11,13H,12,21-22H2,1H3. The van der Waals surface area contributed by atoms with Crippen LogP contribution in [0.3, 0.4) is 0 Å². The molecular weight excluding hydrogens is 300 g/mol. The van der Waals surface area contributed by atoms with Crippen molar-refractivity contribution in [2.45, 2.75) is 12.0 Å². The van der Waals surface area contributed by atoms with Gasteiger partial charge in [-0.15, -0.1) is 0 Å². The van der Waals surface area contributed by atoms with E-state index in [1.165, 1.54) is 7.11 Å². The summed E-state index contributed by atoms with van der Waals surface area (Å²) in [6, 6.07) is 15.3. The number of hydrogen-bond acceptors (Lipinski definition) is 4. The minimum absolute atomic E-state index is 0.356. The molecule has 0 bridgehead atoms. The van der Waals surface area contributed by atoms with Crippen LogP contribution in [-0.4, -0.2) is 13.1 Å². The number of carbonyl (C=O) groups excluding carboxylic acids is 1. The molecule has 0 aromatic heterocycles. The first-order chi connectivity index (χ1) is 11.5. The fraction of sp³-hybridized carbons (Fsp3) is 0.150. The molecule has 0 spiro atoms. The number of allylic oxidation sites excluding steroid dienone is 1. The van der Waals surface area contributed by atoms with Crippen LogP contribution >= 0.6 is 0 Å². The molecule has 0 radical (unpaired) electrons. The maximum Gasteiger partial charge on any atom is 0.337 e. The lowest BCUT2D eigenvalue weighted by atomic mass is 9.80. The smallest absolute Gasteiger partial charge is 0.337 e. The van der Waals surface area contributed by atoms with Crippen molar-refractivity contribution in [1.82, 2.24) is 0 Å². The summed E-state index contributed by atoms with van der Waals surface area (Å²) < 4.78 is 4.81. The third-order valence-electron chi connectivity index (χ3n) is 4.27. The van der Waals surface area contributed by atoms with Crippen LogP contribution in [0, 0.1) is 0 Å². The highest BCUT2D eigenvalue weighted by molar-refractivity contribution is 5.91. The molecule has 0 amide bonds. The second kappa shape index (κ2) is 6.34. The van der Waals surface area contributed by atoms with E-state index in [1.807, 2.05) is 60.7 Å². The van der Waals surface area contributed by atoms with Crippen molar-refractivity contribution in [1.29, 1.82) is 0 Å². The Morgan fingerprint density at radius 1 is 1.17 bits per heavy atom. The molecular formula is C20H20N2O2. The first kappa shape index (κ1) is 16.0. The molecule has 3 rings (SSSR count). The Balaban J connectivity index is 2.08. The molecule has 122 valence electrons. The summed E-state index contributed by atoms with van der Waals surface area (Å²) in [4.78, 5) is 11.8. The Bertz CT molecular complexity index is 839. The number of methoxy groups -OCH3 is 1. The Morgan fingerprint density at radius 3 is 2.67 bits per heavy atom. The number of benzene rings is 2. The highest BCUT2D eigenvalue weighted by Gasteiger charge is 2.28. The van der Waals surface area contributed by atoms with Crippen molar-refractivity contribution in [3.05, 3.63) is 83.6 Å². The van der Waals surface area contributed by atoms with Crippen LogP contribution in [0.25, 0.3) is 11.1 Å². The maximum atomic E-state index is 11.8. The molecule has 0 saturated carbocycles. The van der Waals surface area contributed by atoms with E-state index in [0.29, 0.717) is 12.0 Å². The molecule has 2 aromatic rings. The molecule has 1 aliphatic rings. The predicted molar refractivity (Wildman–Crippen MR) is 95.1 cm³/mol. The third kappa shape index (κ3) is 2.96. The Hall–Kier alpha value is -2.85. The van der Waals surface area contributed by atoms with Gasteiger partial charge in [-0.1, -0.05) is 48.6 Å². The SMILES string of the molecule is COC(=O)c1cccc(-c2ccccc2C2(N)C=CC(N)=CC2)c1. The zero-order chi connectivity index (χ0) is 17.2. The fourth-order valence-corrected chi connectivity index (χ4v) is 2.94. The number of nitrogens with two attached hydrogens (primary N) is 2. The molecule has 0 heterocycles. The van der Waals surface area contributed by atoms with Gasteiger partial charge in [-0.05, 0) is 41.3 Å². The molecule has 1 atom stereocenters. The minimum atomic E-state index is -0.624. The molecule has 4 nitrogen and oxygen atoms in total. The highest BCUT2D eigenvalue weighted by atomic mass is 16.5. The van der Waals surface area contributed by atoms with Crippen molar-refractivity contribution in [2.75, 3.05) is 7.11 Å². The van der Waals surface area contributed by atoms with Crippen LogP contribution in [0.15, 0.2) is 72.5 Å². The van der Waals surface area contributed by atoms with Crippen molar-refractivity contribution in [3.8, 4) is 11.1 Å². The minimum Gasteiger partial charge on any atom is -0.465 e. The van der Waals surface area contributed by atoms with E-state index < -0.39 is 5.54 Å². The van der Waals surface area contributed by atoms with E-state index in [-0.39, 0.29) is 5.97 Å². The second-order valence-electron chi connectivity index (χ2n) is 5.90. The molecule has 1 aliphatic carbocycles. The van der Waals surface area contributed by atoms with Crippen molar-refractivity contribution >= 4 is 5.97 Å². The topological polar surface area (TPSA) is 78.3 Å². The first-order valence-corrected chi connectivity index (χ1v) is 7.75. The average Bonchev–Trinajstić information content (AvgIpc) is 2.64. The van der Waals surface area contributed by atoms with Crippen LogP contribution in [0.1, 0.15) is 22.3 Å². The number of hydrogen-bond donors (Lipinski definition) is 2.